The van der Waals surface area contributed by atoms with Crippen LogP contribution in [0.2, 0.25) is 0 Å². The minimum atomic E-state index is -0.154. The van der Waals surface area contributed by atoms with Gasteiger partial charge in [-0.05, 0) is 30.0 Å². The van der Waals surface area contributed by atoms with Gasteiger partial charge >= 0.3 is 0 Å². The van der Waals surface area contributed by atoms with E-state index >= 15 is 0 Å². The molecule has 0 N–H and O–H groups in total. The molecule has 1 saturated heterocycles. The van der Waals surface area contributed by atoms with Crippen LogP contribution >= 0.6 is 0 Å². The summed E-state index contributed by atoms with van der Waals surface area (Å²) < 4.78 is 19.6. The predicted molar refractivity (Wildman–Crippen MR) is 72.7 cm³/mol. The van der Waals surface area contributed by atoms with Crippen LogP contribution in [-0.4, -0.2) is 25.8 Å². The van der Waals surface area contributed by atoms with Crippen molar-refractivity contribution in [2.24, 2.45) is 0 Å². The minimum Gasteiger partial charge on any atom is -0.377 e. The topological polar surface area (TPSA) is 12.5 Å². The number of rotatable bonds is 1. The Morgan fingerprint density at radius 2 is 2.06 bits per heavy atom. The van der Waals surface area contributed by atoms with E-state index in [1.807, 2.05) is 32.9 Å². The molecule has 0 radical (unpaired) electrons. The SMILES string of the molecule is C[C@H]1COCCN1c1ccc(C(C)(C)C)c(F)c1. The second kappa shape index (κ2) is 4.88. The lowest BCUT2D eigenvalue weighted by Gasteiger charge is -2.35. The minimum absolute atomic E-state index is 0.112. The van der Waals surface area contributed by atoms with Gasteiger partial charge in [0.05, 0.1) is 13.2 Å². The van der Waals surface area contributed by atoms with Crippen LogP contribution in [0, 0.1) is 5.82 Å². The van der Waals surface area contributed by atoms with Crippen molar-refractivity contribution in [2.75, 3.05) is 24.7 Å². The van der Waals surface area contributed by atoms with E-state index in [4.69, 9.17) is 4.74 Å². The van der Waals surface area contributed by atoms with Crippen molar-refractivity contribution in [1.29, 1.82) is 0 Å². The number of halogens is 1. The molecule has 0 aliphatic carbocycles. The fraction of sp³-hybridized carbons (Fsp3) is 0.600. The van der Waals surface area contributed by atoms with Crippen molar-refractivity contribution < 1.29 is 9.13 Å². The molecule has 1 heterocycles. The largest absolute Gasteiger partial charge is 0.377 e. The standard InChI is InChI=1S/C15H22FNO/c1-11-10-18-8-7-17(11)12-5-6-13(14(16)9-12)15(2,3)4/h5-6,9,11H,7-8,10H2,1-4H3/t11-/m0/s1. The van der Waals surface area contributed by atoms with E-state index in [2.05, 4.69) is 11.8 Å². The van der Waals surface area contributed by atoms with Gasteiger partial charge in [0.1, 0.15) is 5.82 Å². The molecule has 2 rings (SSSR count). The summed E-state index contributed by atoms with van der Waals surface area (Å²) in [6.45, 7) is 10.5. The van der Waals surface area contributed by atoms with Crippen LogP contribution < -0.4 is 4.90 Å². The number of anilines is 1. The van der Waals surface area contributed by atoms with Crippen LogP contribution in [0.3, 0.4) is 0 Å². The summed E-state index contributed by atoms with van der Waals surface area (Å²) >= 11 is 0. The smallest absolute Gasteiger partial charge is 0.128 e. The first-order valence-corrected chi connectivity index (χ1v) is 6.54. The number of hydrogen-bond donors (Lipinski definition) is 0. The second-order valence-corrected chi connectivity index (χ2v) is 6.03. The lowest BCUT2D eigenvalue weighted by Crippen LogP contribution is -2.43. The predicted octanol–water partition coefficient (Wildman–Crippen LogP) is 3.35. The van der Waals surface area contributed by atoms with E-state index in [-0.39, 0.29) is 11.2 Å². The number of benzene rings is 1. The fourth-order valence-corrected chi connectivity index (χ4v) is 2.40. The molecule has 0 saturated carbocycles. The van der Waals surface area contributed by atoms with Crippen molar-refractivity contribution in [3.05, 3.63) is 29.6 Å². The molecule has 0 amide bonds. The monoisotopic (exact) mass is 251 g/mol. The Balaban J connectivity index is 2.28. The van der Waals surface area contributed by atoms with E-state index in [1.54, 1.807) is 6.07 Å². The molecular weight excluding hydrogens is 229 g/mol. The fourth-order valence-electron chi connectivity index (χ4n) is 2.40. The summed E-state index contributed by atoms with van der Waals surface area (Å²) in [5.74, 6) is -0.112. The maximum Gasteiger partial charge on any atom is 0.128 e. The zero-order valence-corrected chi connectivity index (χ0v) is 11.7. The van der Waals surface area contributed by atoms with Gasteiger partial charge in [-0.3, -0.25) is 0 Å². The van der Waals surface area contributed by atoms with Crippen LogP contribution in [0.25, 0.3) is 0 Å². The lowest BCUT2D eigenvalue weighted by molar-refractivity contribution is 0.0989. The average molecular weight is 251 g/mol. The average Bonchev–Trinajstić information content (AvgIpc) is 2.27. The Bertz CT molecular complexity index is 425. The van der Waals surface area contributed by atoms with Gasteiger partial charge in [0.25, 0.3) is 0 Å². The van der Waals surface area contributed by atoms with Gasteiger partial charge in [-0.1, -0.05) is 26.8 Å². The Labute approximate surface area is 109 Å². The van der Waals surface area contributed by atoms with E-state index in [1.165, 1.54) is 0 Å². The highest BCUT2D eigenvalue weighted by molar-refractivity contribution is 5.50. The quantitative estimate of drug-likeness (QED) is 0.759. The van der Waals surface area contributed by atoms with E-state index in [9.17, 15) is 4.39 Å². The third-order valence-corrected chi connectivity index (χ3v) is 3.46. The first-order valence-electron chi connectivity index (χ1n) is 6.54. The van der Waals surface area contributed by atoms with Gasteiger partial charge in [0.2, 0.25) is 0 Å². The van der Waals surface area contributed by atoms with Crippen molar-refractivity contribution in [3.63, 3.8) is 0 Å². The summed E-state index contributed by atoms with van der Waals surface area (Å²) in [4.78, 5) is 2.21. The zero-order chi connectivity index (χ0) is 13.3. The van der Waals surface area contributed by atoms with Crippen LogP contribution in [-0.2, 0) is 10.2 Å². The normalized spacial score (nSPS) is 21.2. The van der Waals surface area contributed by atoms with Gasteiger partial charge in [-0.2, -0.15) is 0 Å². The highest BCUT2D eigenvalue weighted by atomic mass is 19.1. The molecule has 0 aromatic heterocycles. The number of morpholine rings is 1. The molecule has 3 heteroatoms. The molecule has 1 fully saturated rings. The highest BCUT2D eigenvalue weighted by Crippen LogP contribution is 2.29. The summed E-state index contributed by atoms with van der Waals surface area (Å²) in [6.07, 6.45) is 0. The summed E-state index contributed by atoms with van der Waals surface area (Å²) in [6, 6.07) is 5.89. The summed E-state index contributed by atoms with van der Waals surface area (Å²) in [7, 11) is 0. The molecular formula is C15H22FNO. The van der Waals surface area contributed by atoms with E-state index in [0.29, 0.717) is 19.3 Å². The van der Waals surface area contributed by atoms with Gasteiger partial charge < -0.3 is 9.64 Å². The number of hydrogen-bond acceptors (Lipinski definition) is 2. The Kier molecular flexibility index (Phi) is 3.62. The Morgan fingerprint density at radius 1 is 1.33 bits per heavy atom. The third-order valence-electron chi connectivity index (χ3n) is 3.46. The van der Waals surface area contributed by atoms with Crippen molar-refractivity contribution in [1.82, 2.24) is 0 Å². The molecule has 100 valence electrons. The van der Waals surface area contributed by atoms with Gasteiger partial charge in [0.15, 0.2) is 0 Å². The molecule has 18 heavy (non-hydrogen) atoms. The molecule has 1 atom stereocenters. The molecule has 2 nitrogen and oxygen atoms in total. The molecule has 1 aromatic carbocycles. The van der Waals surface area contributed by atoms with Gasteiger partial charge in [0, 0.05) is 18.3 Å². The summed E-state index contributed by atoms with van der Waals surface area (Å²) in [5, 5.41) is 0. The molecule has 0 spiro atoms. The van der Waals surface area contributed by atoms with Crippen molar-refractivity contribution in [3.8, 4) is 0 Å². The van der Waals surface area contributed by atoms with Crippen LogP contribution in [0.5, 0.6) is 0 Å². The van der Waals surface area contributed by atoms with Gasteiger partial charge in [-0.25, -0.2) is 4.39 Å². The summed E-state index contributed by atoms with van der Waals surface area (Å²) in [5.41, 5.74) is 1.57. The van der Waals surface area contributed by atoms with Crippen molar-refractivity contribution in [2.45, 2.75) is 39.2 Å². The third kappa shape index (κ3) is 2.66. The Hall–Kier alpha value is -1.09. The highest BCUT2D eigenvalue weighted by Gasteiger charge is 2.22. The van der Waals surface area contributed by atoms with Crippen LogP contribution in [0.4, 0.5) is 10.1 Å². The lowest BCUT2D eigenvalue weighted by atomic mass is 9.86. The van der Waals surface area contributed by atoms with Crippen molar-refractivity contribution >= 4 is 5.69 Å². The maximum absolute atomic E-state index is 14.2. The van der Waals surface area contributed by atoms with E-state index < -0.39 is 0 Å². The first-order chi connectivity index (χ1) is 8.39. The maximum atomic E-state index is 14.2. The Morgan fingerprint density at radius 3 is 2.61 bits per heavy atom. The van der Waals surface area contributed by atoms with E-state index in [0.717, 1.165) is 17.8 Å². The van der Waals surface area contributed by atoms with Crippen LogP contribution in [0.1, 0.15) is 33.3 Å². The molecule has 1 aliphatic rings. The first kappa shape index (κ1) is 13.3. The van der Waals surface area contributed by atoms with Gasteiger partial charge in [-0.15, -0.1) is 0 Å². The molecule has 0 bridgehead atoms. The molecule has 0 unspecified atom stereocenters. The molecule has 1 aromatic rings. The molecule has 1 aliphatic heterocycles. The second-order valence-electron chi connectivity index (χ2n) is 6.03. The number of nitrogens with zero attached hydrogens (tertiary/aromatic N) is 1. The number of ether oxygens (including phenoxy) is 1. The zero-order valence-electron chi connectivity index (χ0n) is 11.7. The van der Waals surface area contributed by atoms with Crippen LogP contribution in [0.15, 0.2) is 18.2 Å².